The highest BCUT2D eigenvalue weighted by Crippen LogP contribution is 2.13. The standard InChI is InChI=1S/C13H22N2O4S2/c1-15-10-11(9-12(15)13(16)17)21(18,19)14-7-5-3-4-6-8-20-2/h9-10,14H,3-8H2,1-2H3,(H,16,17). The lowest BCUT2D eigenvalue weighted by molar-refractivity contribution is 0.0686. The summed E-state index contributed by atoms with van der Waals surface area (Å²) in [6, 6.07) is 1.17. The molecule has 0 amide bonds. The molecule has 2 N–H and O–H groups in total. The Morgan fingerprint density at radius 3 is 2.57 bits per heavy atom. The fourth-order valence-electron chi connectivity index (χ4n) is 1.91. The first kappa shape index (κ1) is 18.1. The maximum absolute atomic E-state index is 12.0. The number of thioether (sulfide) groups is 1. The van der Waals surface area contributed by atoms with E-state index in [1.54, 1.807) is 0 Å². The highest BCUT2D eigenvalue weighted by molar-refractivity contribution is 7.98. The summed E-state index contributed by atoms with van der Waals surface area (Å²) in [5.74, 6) is -0.0130. The lowest BCUT2D eigenvalue weighted by Crippen LogP contribution is -2.24. The van der Waals surface area contributed by atoms with E-state index in [-0.39, 0.29) is 10.6 Å². The lowest BCUT2D eigenvalue weighted by Gasteiger charge is -2.04. The van der Waals surface area contributed by atoms with Crippen LogP contribution in [0.4, 0.5) is 0 Å². The molecule has 0 aromatic carbocycles. The van der Waals surface area contributed by atoms with Gasteiger partial charge in [-0.15, -0.1) is 0 Å². The molecule has 0 spiro atoms. The van der Waals surface area contributed by atoms with E-state index in [1.807, 2.05) is 11.8 Å². The summed E-state index contributed by atoms with van der Waals surface area (Å²) in [6.45, 7) is 0.374. The highest BCUT2D eigenvalue weighted by atomic mass is 32.2. The Balaban J connectivity index is 2.47. The van der Waals surface area contributed by atoms with Crippen LogP contribution in [-0.4, -0.2) is 42.6 Å². The van der Waals surface area contributed by atoms with Crippen LogP contribution in [-0.2, 0) is 17.1 Å². The van der Waals surface area contributed by atoms with Gasteiger partial charge in [-0.2, -0.15) is 11.8 Å². The average Bonchev–Trinajstić information content (AvgIpc) is 2.81. The largest absolute Gasteiger partial charge is 0.477 e. The maximum Gasteiger partial charge on any atom is 0.352 e. The van der Waals surface area contributed by atoms with Gasteiger partial charge in [-0.1, -0.05) is 12.8 Å². The van der Waals surface area contributed by atoms with Crippen molar-refractivity contribution in [2.24, 2.45) is 7.05 Å². The van der Waals surface area contributed by atoms with Gasteiger partial charge >= 0.3 is 5.97 Å². The summed E-state index contributed by atoms with van der Waals surface area (Å²) in [7, 11) is -2.12. The molecule has 1 rings (SSSR count). The van der Waals surface area contributed by atoms with Crippen LogP contribution in [0.15, 0.2) is 17.2 Å². The van der Waals surface area contributed by atoms with E-state index >= 15 is 0 Å². The van der Waals surface area contributed by atoms with Gasteiger partial charge in [0.25, 0.3) is 0 Å². The first-order valence-corrected chi connectivity index (χ1v) is 9.64. The van der Waals surface area contributed by atoms with Gasteiger partial charge in [-0.05, 0) is 30.9 Å². The van der Waals surface area contributed by atoms with E-state index in [4.69, 9.17) is 5.11 Å². The number of rotatable bonds is 10. The molecular weight excluding hydrogens is 312 g/mol. The Kier molecular flexibility index (Phi) is 7.27. The smallest absolute Gasteiger partial charge is 0.352 e. The maximum atomic E-state index is 12.0. The zero-order chi connectivity index (χ0) is 15.9. The van der Waals surface area contributed by atoms with Gasteiger partial charge in [-0.25, -0.2) is 17.9 Å². The monoisotopic (exact) mass is 334 g/mol. The van der Waals surface area contributed by atoms with Crippen LogP contribution in [0.1, 0.15) is 36.2 Å². The zero-order valence-corrected chi connectivity index (χ0v) is 14.0. The van der Waals surface area contributed by atoms with Crippen molar-refractivity contribution >= 4 is 27.8 Å². The number of aromatic carboxylic acids is 1. The number of nitrogens with zero attached hydrogens (tertiary/aromatic N) is 1. The van der Waals surface area contributed by atoms with Crippen LogP contribution < -0.4 is 4.72 Å². The van der Waals surface area contributed by atoms with Crippen LogP contribution in [0.25, 0.3) is 0 Å². The summed E-state index contributed by atoms with van der Waals surface area (Å²) < 4.78 is 27.9. The van der Waals surface area contributed by atoms with E-state index in [2.05, 4.69) is 11.0 Å². The molecule has 0 aliphatic carbocycles. The second-order valence-corrected chi connectivity index (χ2v) is 7.53. The van der Waals surface area contributed by atoms with Gasteiger partial charge in [0, 0.05) is 19.8 Å². The topological polar surface area (TPSA) is 88.4 Å². The third-order valence-electron chi connectivity index (χ3n) is 3.08. The van der Waals surface area contributed by atoms with Crippen molar-refractivity contribution in [1.29, 1.82) is 0 Å². The summed E-state index contributed by atoms with van der Waals surface area (Å²) in [6.07, 6.45) is 7.39. The second-order valence-electron chi connectivity index (χ2n) is 4.78. The fourth-order valence-corrected chi connectivity index (χ4v) is 3.54. The predicted molar refractivity (Wildman–Crippen MR) is 84.4 cm³/mol. The number of carbonyl (C=O) groups is 1. The molecule has 0 aliphatic heterocycles. The van der Waals surface area contributed by atoms with E-state index in [0.717, 1.165) is 31.4 Å². The molecule has 1 heterocycles. The van der Waals surface area contributed by atoms with Crippen molar-refractivity contribution in [3.8, 4) is 0 Å². The SMILES string of the molecule is CSCCCCCCNS(=O)(=O)c1cc(C(=O)O)n(C)c1. The van der Waals surface area contributed by atoms with Crippen molar-refractivity contribution in [2.75, 3.05) is 18.6 Å². The molecule has 0 bridgehead atoms. The average molecular weight is 334 g/mol. The molecule has 0 saturated carbocycles. The number of aromatic nitrogens is 1. The third-order valence-corrected chi connectivity index (χ3v) is 5.20. The van der Waals surface area contributed by atoms with Gasteiger partial charge in [0.05, 0.1) is 0 Å². The van der Waals surface area contributed by atoms with Crippen LogP contribution in [0.5, 0.6) is 0 Å². The van der Waals surface area contributed by atoms with E-state index in [9.17, 15) is 13.2 Å². The Morgan fingerprint density at radius 1 is 1.33 bits per heavy atom. The zero-order valence-electron chi connectivity index (χ0n) is 12.3. The molecule has 0 radical (unpaired) electrons. The molecule has 0 saturated heterocycles. The Labute approximate surface area is 130 Å². The summed E-state index contributed by atoms with van der Waals surface area (Å²) >= 11 is 1.81. The minimum atomic E-state index is -3.63. The van der Waals surface area contributed by atoms with Crippen LogP contribution in [0.3, 0.4) is 0 Å². The van der Waals surface area contributed by atoms with Gasteiger partial charge in [0.15, 0.2) is 0 Å². The molecule has 120 valence electrons. The summed E-state index contributed by atoms with van der Waals surface area (Å²) in [5.41, 5.74) is -0.0487. The number of nitrogens with one attached hydrogen (secondary N) is 1. The molecule has 21 heavy (non-hydrogen) atoms. The number of hydrogen-bond acceptors (Lipinski definition) is 4. The quantitative estimate of drug-likeness (QED) is 0.638. The van der Waals surface area contributed by atoms with Crippen LogP contribution in [0, 0.1) is 0 Å². The van der Waals surface area contributed by atoms with Crippen molar-refractivity contribution in [3.63, 3.8) is 0 Å². The fraction of sp³-hybridized carbons (Fsp3) is 0.615. The Hall–Kier alpha value is -0.990. The number of hydrogen-bond donors (Lipinski definition) is 2. The lowest BCUT2D eigenvalue weighted by atomic mass is 10.2. The molecule has 0 aliphatic rings. The summed E-state index contributed by atoms with van der Waals surface area (Å²) in [5, 5.41) is 8.92. The number of sulfonamides is 1. The number of unbranched alkanes of at least 4 members (excludes halogenated alkanes) is 3. The van der Waals surface area contributed by atoms with Gasteiger partial charge < -0.3 is 9.67 Å². The second kappa shape index (κ2) is 8.45. The number of aryl methyl sites for hydroxylation is 1. The van der Waals surface area contributed by atoms with Crippen molar-refractivity contribution in [3.05, 3.63) is 18.0 Å². The van der Waals surface area contributed by atoms with Gasteiger partial charge in [0.2, 0.25) is 10.0 Å². The van der Waals surface area contributed by atoms with Gasteiger partial charge in [0.1, 0.15) is 10.6 Å². The van der Waals surface area contributed by atoms with E-state index in [0.29, 0.717) is 6.54 Å². The predicted octanol–water partition coefficient (Wildman–Crippen LogP) is 1.92. The molecular formula is C13H22N2O4S2. The van der Waals surface area contributed by atoms with Crippen LogP contribution in [0.2, 0.25) is 0 Å². The molecule has 8 heteroatoms. The highest BCUT2D eigenvalue weighted by Gasteiger charge is 2.19. The first-order valence-electron chi connectivity index (χ1n) is 6.76. The normalized spacial score (nSPS) is 11.7. The van der Waals surface area contributed by atoms with Crippen molar-refractivity contribution < 1.29 is 18.3 Å². The Bertz CT molecular complexity index is 567. The van der Waals surface area contributed by atoms with Crippen LogP contribution >= 0.6 is 11.8 Å². The minimum Gasteiger partial charge on any atom is -0.477 e. The molecule has 0 unspecified atom stereocenters. The number of carboxylic acids is 1. The number of carboxylic acid groups (broad SMARTS) is 1. The molecule has 6 nitrogen and oxygen atoms in total. The van der Waals surface area contributed by atoms with Crippen molar-refractivity contribution in [1.82, 2.24) is 9.29 Å². The molecule has 0 atom stereocenters. The van der Waals surface area contributed by atoms with E-state index < -0.39 is 16.0 Å². The first-order chi connectivity index (χ1) is 9.88. The van der Waals surface area contributed by atoms with E-state index in [1.165, 1.54) is 23.9 Å². The minimum absolute atomic E-state index is 0.00946. The van der Waals surface area contributed by atoms with Gasteiger partial charge in [-0.3, -0.25) is 0 Å². The molecule has 1 aromatic heterocycles. The summed E-state index contributed by atoms with van der Waals surface area (Å²) in [4.78, 5) is 10.9. The van der Waals surface area contributed by atoms with Crippen molar-refractivity contribution in [2.45, 2.75) is 30.6 Å². The Morgan fingerprint density at radius 2 is 2.00 bits per heavy atom. The molecule has 0 fully saturated rings. The third kappa shape index (κ3) is 5.72. The molecule has 1 aromatic rings.